The molecule has 0 aliphatic carbocycles. The maximum atomic E-state index is 9.52. The van der Waals surface area contributed by atoms with Gasteiger partial charge in [0, 0.05) is 53.2 Å². The molecule has 0 aliphatic rings. The fraction of sp³-hybridized carbons (Fsp3) is 0. The third-order valence-electron chi connectivity index (χ3n) is 11.1. The monoisotopic (exact) mass is 782 g/mol. The number of nitrogens with zero attached hydrogens (tertiary/aromatic N) is 6. The first-order valence-electron chi connectivity index (χ1n) is 19.5. The highest BCUT2D eigenvalue weighted by atomic mass is 32.1. The average molecular weight is 783 g/mol. The summed E-state index contributed by atoms with van der Waals surface area (Å²) in [5, 5.41) is 14.2. The van der Waals surface area contributed by atoms with Gasteiger partial charge in [-0.3, -0.25) is 0 Å². The summed E-state index contributed by atoms with van der Waals surface area (Å²) in [7, 11) is 0. The molecule has 0 amide bonds. The van der Waals surface area contributed by atoms with Crippen molar-refractivity contribution >= 4 is 59.0 Å². The molecule has 7 heteroatoms. The summed E-state index contributed by atoms with van der Waals surface area (Å²) in [6.07, 6.45) is 0. The number of fused-ring (bicyclic) bond motifs is 6. The summed E-state index contributed by atoms with van der Waals surface area (Å²) in [6, 6.07) is 64.3. The van der Waals surface area contributed by atoms with Crippen molar-refractivity contribution in [2.75, 3.05) is 0 Å². The SMILES string of the molecule is [C-]#[N+]c1cc(C#N)ccc1-c1ccc2c(c1)c1ccccc1n2-c1ccc(-c2ccc3c(c2)sc2ccccc23)cc1-c1nc(-c2ccccc2)nc(-c2ccccc2)n1. The largest absolute Gasteiger partial charge is 0.309 e. The number of hydrogen-bond donors (Lipinski definition) is 0. The predicted octanol–water partition coefficient (Wildman–Crippen LogP) is 14.1. The second-order valence-electron chi connectivity index (χ2n) is 14.6. The van der Waals surface area contributed by atoms with Crippen molar-refractivity contribution in [3.8, 4) is 68.2 Å². The number of benzene rings is 8. The summed E-state index contributed by atoms with van der Waals surface area (Å²) >= 11 is 1.81. The van der Waals surface area contributed by atoms with Crippen molar-refractivity contribution in [2.24, 2.45) is 0 Å². The lowest BCUT2D eigenvalue weighted by atomic mass is 9.99. The second-order valence-corrected chi connectivity index (χ2v) is 15.7. The van der Waals surface area contributed by atoms with Gasteiger partial charge in [-0.15, -0.1) is 11.3 Å². The summed E-state index contributed by atoms with van der Waals surface area (Å²) < 4.78 is 4.80. The van der Waals surface area contributed by atoms with Crippen LogP contribution in [-0.4, -0.2) is 19.5 Å². The summed E-state index contributed by atoms with van der Waals surface area (Å²) in [4.78, 5) is 19.3. The molecule has 0 saturated carbocycles. The lowest BCUT2D eigenvalue weighted by molar-refractivity contribution is 1.06. The third-order valence-corrected chi connectivity index (χ3v) is 12.3. The highest BCUT2D eigenvalue weighted by Gasteiger charge is 2.21. The van der Waals surface area contributed by atoms with Crippen molar-refractivity contribution in [2.45, 2.75) is 0 Å². The number of hydrogen-bond acceptors (Lipinski definition) is 5. The molecule has 11 rings (SSSR count). The van der Waals surface area contributed by atoms with E-state index in [1.807, 2.05) is 78.1 Å². The second kappa shape index (κ2) is 14.3. The van der Waals surface area contributed by atoms with Crippen molar-refractivity contribution in [1.82, 2.24) is 19.5 Å². The molecular weight excluding hydrogens is 753 g/mol. The van der Waals surface area contributed by atoms with Gasteiger partial charge in [0.2, 0.25) is 0 Å². The molecule has 0 atom stereocenters. The first kappa shape index (κ1) is 35.0. The summed E-state index contributed by atoms with van der Waals surface area (Å²) in [5.41, 5.74) is 10.4. The fourth-order valence-corrected chi connectivity index (χ4v) is 9.41. The standard InChI is InChI=1S/C53H30N6S/c1-55-45-28-33(32-54)20-24-39(45)38-23-27-47-43(30-38)40-16-8-10-18-46(40)59(47)48-26-22-36(37-21-25-42-41-17-9-11-19-49(41)60-50(42)31-37)29-44(48)53-57-51(34-12-4-2-5-13-34)56-52(58-53)35-14-6-3-7-15-35/h2-31H. The van der Waals surface area contributed by atoms with Crippen molar-refractivity contribution < 1.29 is 0 Å². The summed E-state index contributed by atoms with van der Waals surface area (Å²) in [6.45, 7) is 7.90. The van der Waals surface area contributed by atoms with E-state index in [-0.39, 0.29) is 0 Å². The Hall–Kier alpha value is -8.23. The molecule has 0 bridgehead atoms. The van der Waals surface area contributed by atoms with E-state index >= 15 is 0 Å². The molecule has 0 radical (unpaired) electrons. The molecule has 0 spiro atoms. The first-order valence-corrected chi connectivity index (χ1v) is 20.3. The van der Waals surface area contributed by atoms with Gasteiger partial charge in [0.25, 0.3) is 0 Å². The molecule has 0 fully saturated rings. The highest BCUT2D eigenvalue weighted by Crippen LogP contribution is 2.42. The van der Waals surface area contributed by atoms with Crippen LogP contribution in [0.25, 0.3) is 109 Å². The Morgan fingerprint density at radius 2 is 1.08 bits per heavy atom. The van der Waals surface area contributed by atoms with Crippen LogP contribution in [-0.2, 0) is 0 Å². The lowest BCUT2D eigenvalue weighted by Crippen LogP contribution is -2.04. The molecule has 0 aliphatic heterocycles. The van der Waals surface area contributed by atoms with E-state index in [1.54, 1.807) is 12.1 Å². The molecule has 0 saturated heterocycles. The predicted molar refractivity (Wildman–Crippen MR) is 245 cm³/mol. The normalized spacial score (nSPS) is 11.3. The van der Waals surface area contributed by atoms with Crippen molar-refractivity contribution in [1.29, 1.82) is 5.26 Å². The number of thiophene rings is 1. The number of para-hydroxylation sites is 1. The van der Waals surface area contributed by atoms with Crippen LogP contribution in [0.4, 0.5) is 5.69 Å². The average Bonchev–Trinajstić information content (AvgIpc) is 3.86. The van der Waals surface area contributed by atoms with Gasteiger partial charge >= 0.3 is 0 Å². The van der Waals surface area contributed by atoms with E-state index in [9.17, 15) is 5.26 Å². The van der Waals surface area contributed by atoms with Crippen molar-refractivity contribution in [3.05, 3.63) is 199 Å². The Morgan fingerprint density at radius 3 is 1.83 bits per heavy atom. The first-order chi connectivity index (χ1) is 29.6. The Bertz CT molecular complexity index is 3520. The van der Waals surface area contributed by atoms with E-state index in [2.05, 4.69) is 119 Å². The molecule has 278 valence electrons. The fourth-order valence-electron chi connectivity index (χ4n) is 8.26. The van der Waals surface area contributed by atoms with Gasteiger partial charge in [0.1, 0.15) is 0 Å². The molecule has 3 heterocycles. The van der Waals surface area contributed by atoms with Gasteiger partial charge in [-0.05, 0) is 76.9 Å². The molecule has 8 aromatic carbocycles. The van der Waals surface area contributed by atoms with Crippen LogP contribution in [0, 0.1) is 17.9 Å². The minimum Gasteiger partial charge on any atom is -0.309 e. The van der Waals surface area contributed by atoms with E-state index in [0.29, 0.717) is 28.7 Å². The minimum absolute atomic E-state index is 0.446. The zero-order chi connectivity index (χ0) is 40.2. The van der Waals surface area contributed by atoms with E-state index in [1.165, 1.54) is 20.2 Å². The number of nitriles is 1. The number of aromatic nitrogens is 4. The number of rotatable bonds is 6. The van der Waals surface area contributed by atoms with E-state index < -0.39 is 0 Å². The summed E-state index contributed by atoms with van der Waals surface area (Å²) in [5.74, 6) is 1.74. The van der Waals surface area contributed by atoms with Crippen LogP contribution in [0.2, 0.25) is 0 Å². The molecule has 6 nitrogen and oxygen atoms in total. The lowest BCUT2D eigenvalue weighted by Gasteiger charge is -2.16. The molecule has 0 N–H and O–H groups in total. The van der Waals surface area contributed by atoms with Crippen LogP contribution < -0.4 is 0 Å². The van der Waals surface area contributed by atoms with Gasteiger partial charge in [0.05, 0.1) is 29.4 Å². The van der Waals surface area contributed by atoms with Crippen molar-refractivity contribution in [3.63, 3.8) is 0 Å². The Kier molecular flexibility index (Phi) is 8.34. The topological polar surface area (TPSA) is 71.8 Å². The van der Waals surface area contributed by atoms with Crippen LogP contribution in [0.15, 0.2) is 182 Å². The molecule has 3 aromatic heterocycles. The van der Waals surface area contributed by atoms with E-state index in [4.69, 9.17) is 21.5 Å². The highest BCUT2D eigenvalue weighted by molar-refractivity contribution is 7.25. The molecule has 11 aromatic rings. The van der Waals surface area contributed by atoms with Gasteiger partial charge in [0.15, 0.2) is 23.2 Å². The Labute approximate surface area is 349 Å². The molecule has 60 heavy (non-hydrogen) atoms. The van der Waals surface area contributed by atoms with Crippen LogP contribution >= 0.6 is 11.3 Å². The zero-order valence-electron chi connectivity index (χ0n) is 31.9. The van der Waals surface area contributed by atoms with Crippen LogP contribution in [0.3, 0.4) is 0 Å². The Balaban J connectivity index is 1.18. The van der Waals surface area contributed by atoms with E-state index in [0.717, 1.165) is 66.4 Å². The smallest absolute Gasteiger partial charge is 0.196 e. The zero-order valence-corrected chi connectivity index (χ0v) is 32.7. The Morgan fingerprint density at radius 1 is 0.467 bits per heavy atom. The van der Waals surface area contributed by atoms with Gasteiger partial charge in [-0.25, -0.2) is 19.8 Å². The minimum atomic E-state index is 0.446. The third kappa shape index (κ3) is 5.89. The molecular formula is C53H30N6S. The quantitative estimate of drug-likeness (QED) is 0.158. The van der Waals surface area contributed by atoms with Gasteiger partial charge in [-0.2, -0.15) is 5.26 Å². The maximum Gasteiger partial charge on any atom is 0.196 e. The van der Waals surface area contributed by atoms with Gasteiger partial charge in [-0.1, -0.05) is 127 Å². The molecule has 0 unspecified atom stereocenters. The maximum absolute atomic E-state index is 9.52. The van der Waals surface area contributed by atoms with Crippen LogP contribution in [0.1, 0.15) is 5.56 Å². The van der Waals surface area contributed by atoms with Gasteiger partial charge < -0.3 is 4.57 Å². The van der Waals surface area contributed by atoms with Crippen LogP contribution in [0.5, 0.6) is 0 Å².